The van der Waals surface area contributed by atoms with Crippen LogP contribution in [0.25, 0.3) is 0 Å². The molecule has 2 amide bonds. The number of benzene rings is 1. The van der Waals surface area contributed by atoms with Crippen LogP contribution in [0.3, 0.4) is 0 Å². The Labute approximate surface area is 139 Å². The van der Waals surface area contributed by atoms with Crippen molar-refractivity contribution in [1.29, 1.82) is 0 Å². The zero-order chi connectivity index (χ0) is 17.1. The number of urea groups is 1. The predicted molar refractivity (Wildman–Crippen MR) is 92.5 cm³/mol. The minimum atomic E-state index is -2.95. The minimum Gasteiger partial charge on any atom is -0.338 e. The molecule has 1 aromatic carbocycles. The van der Waals surface area contributed by atoms with Gasteiger partial charge in [0.25, 0.3) is 0 Å². The highest BCUT2D eigenvalue weighted by atomic mass is 32.2. The van der Waals surface area contributed by atoms with Gasteiger partial charge in [-0.05, 0) is 23.0 Å². The molecule has 1 fully saturated rings. The zero-order valence-corrected chi connectivity index (χ0v) is 14.9. The molecule has 2 rings (SSSR count). The van der Waals surface area contributed by atoms with E-state index in [9.17, 15) is 13.2 Å². The van der Waals surface area contributed by atoms with Crippen LogP contribution >= 0.6 is 0 Å². The Kier molecular flexibility index (Phi) is 5.34. The first kappa shape index (κ1) is 17.8. The lowest BCUT2D eigenvalue weighted by molar-refractivity contribution is 0.202. The van der Waals surface area contributed by atoms with Gasteiger partial charge in [-0.1, -0.05) is 45.0 Å². The molecule has 0 bridgehead atoms. The van der Waals surface area contributed by atoms with Gasteiger partial charge in [-0.15, -0.1) is 0 Å². The molecule has 128 valence electrons. The van der Waals surface area contributed by atoms with Crippen LogP contribution in [0.5, 0.6) is 0 Å². The fourth-order valence-electron chi connectivity index (χ4n) is 2.51. The third-order valence-corrected chi connectivity index (χ3v) is 5.75. The molecule has 23 heavy (non-hydrogen) atoms. The largest absolute Gasteiger partial charge is 0.338 e. The quantitative estimate of drug-likeness (QED) is 0.916. The second-order valence-corrected chi connectivity index (χ2v) is 9.37. The highest BCUT2D eigenvalue weighted by Gasteiger charge is 2.24. The molecule has 1 N–H and O–H groups in total. The Balaban J connectivity index is 1.78. The average Bonchev–Trinajstić information content (AvgIpc) is 2.46. The molecule has 0 radical (unpaired) electrons. The zero-order valence-electron chi connectivity index (χ0n) is 14.1. The number of sulfone groups is 1. The van der Waals surface area contributed by atoms with E-state index >= 15 is 0 Å². The SMILES string of the molecule is CC(C)(C)c1ccc(CCNC(=O)N2CCS(=O)(=O)CC2)cc1. The summed E-state index contributed by atoms with van der Waals surface area (Å²) in [6.45, 7) is 7.67. The summed E-state index contributed by atoms with van der Waals surface area (Å²) in [6, 6.07) is 8.28. The molecular formula is C17H26N2O3S. The van der Waals surface area contributed by atoms with Gasteiger partial charge in [0.15, 0.2) is 9.84 Å². The molecule has 1 aliphatic heterocycles. The van der Waals surface area contributed by atoms with Gasteiger partial charge in [0, 0.05) is 19.6 Å². The van der Waals surface area contributed by atoms with Gasteiger partial charge in [0.2, 0.25) is 0 Å². The summed E-state index contributed by atoms with van der Waals surface area (Å²) in [7, 11) is -2.95. The third kappa shape index (κ3) is 5.23. The van der Waals surface area contributed by atoms with Crippen molar-refractivity contribution in [2.24, 2.45) is 0 Å². The van der Waals surface area contributed by atoms with E-state index in [1.54, 1.807) is 4.90 Å². The van der Waals surface area contributed by atoms with Gasteiger partial charge in [-0.3, -0.25) is 0 Å². The number of hydrogen-bond donors (Lipinski definition) is 1. The Hall–Kier alpha value is -1.56. The molecule has 1 saturated heterocycles. The second-order valence-electron chi connectivity index (χ2n) is 7.07. The predicted octanol–water partition coefficient (Wildman–Crippen LogP) is 1.97. The van der Waals surface area contributed by atoms with Crippen LogP contribution in [0.15, 0.2) is 24.3 Å². The second kappa shape index (κ2) is 6.91. The van der Waals surface area contributed by atoms with E-state index in [2.05, 4.69) is 50.4 Å². The summed E-state index contributed by atoms with van der Waals surface area (Å²) < 4.78 is 22.7. The maximum Gasteiger partial charge on any atom is 0.317 e. The molecule has 0 spiro atoms. The average molecular weight is 338 g/mol. The van der Waals surface area contributed by atoms with Crippen molar-refractivity contribution in [2.45, 2.75) is 32.6 Å². The summed E-state index contributed by atoms with van der Waals surface area (Å²) in [5, 5.41) is 2.87. The van der Waals surface area contributed by atoms with Crippen LogP contribution in [0.4, 0.5) is 4.79 Å². The van der Waals surface area contributed by atoms with Crippen molar-refractivity contribution in [1.82, 2.24) is 10.2 Å². The number of nitrogens with one attached hydrogen (secondary N) is 1. The number of carbonyl (C=O) groups is 1. The van der Waals surface area contributed by atoms with Crippen molar-refractivity contribution in [3.05, 3.63) is 35.4 Å². The Bertz CT molecular complexity index is 631. The third-order valence-electron chi connectivity index (χ3n) is 4.14. The summed E-state index contributed by atoms with van der Waals surface area (Å²) in [4.78, 5) is 13.6. The van der Waals surface area contributed by atoms with E-state index in [1.807, 2.05) is 0 Å². The summed E-state index contributed by atoms with van der Waals surface area (Å²) in [5.41, 5.74) is 2.61. The molecular weight excluding hydrogens is 312 g/mol. The van der Waals surface area contributed by atoms with Crippen LogP contribution in [0.1, 0.15) is 31.9 Å². The first-order valence-corrected chi connectivity index (χ1v) is 9.82. The number of carbonyl (C=O) groups excluding carboxylic acids is 1. The van der Waals surface area contributed by atoms with Gasteiger partial charge in [0.1, 0.15) is 0 Å². The Morgan fingerprint density at radius 3 is 2.22 bits per heavy atom. The number of nitrogens with zero attached hydrogens (tertiary/aromatic N) is 1. The van der Waals surface area contributed by atoms with Gasteiger partial charge < -0.3 is 10.2 Å². The summed E-state index contributed by atoms with van der Waals surface area (Å²) >= 11 is 0. The van der Waals surface area contributed by atoms with Crippen LogP contribution in [-0.2, 0) is 21.7 Å². The van der Waals surface area contributed by atoms with Crippen molar-refractivity contribution in [3.8, 4) is 0 Å². The Morgan fingerprint density at radius 1 is 1.13 bits per heavy atom. The molecule has 0 aromatic heterocycles. The van der Waals surface area contributed by atoms with E-state index in [4.69, 9.17) is 0 Å². The van der Waals surface area contributed by atoms with E-state index in [1.165, 1.54) is 11.1 Å². The molecule has 1 aliphatic rings. The number of rotatable bonds is 3. The highest BCUT2D eigenvalue weighted by molar-refractivity contribution is 7.91. The van der Waals surface area contributed by atoms with Crippen molar-refractivity contribution >= 4 is 15.9 Å². The van der Waals surface area contributed by atoms with Crippen molar-refractivity contribution in [3.63, 3.8) is 0 Å². The smallest absolute Gasteiger partial charge is 0.317 e. The van der Waals surface area contributed by atoms with Crippen LogP contribution in [0, 0.1) is 0 Å². The molecule has 0 atom stereocenters. The first-order chi connectivity index (χ1) is 10.7. The number of amides is 2. The maximum atomic E-state index is 12.0. The van der Waals surface area contributed by atoms with Crippen LogP contribution in [0.2, 0.25) is 0 Å². The van der Waals surface area contributed by atoms with Crippen molar-refractivity contribution < 1.29 is 13.2 Å². The lowest BCUT2D eigenvalue weighted by atomic mass is 9.86. The van der Waals surface area contributed by atoms with E-state index in [0.717, 1.165) is 6.42 Å². The van der Waals surface area contributed by atoms with Crippen LogP contribution < -0.4 is 5.32 Å². The van der Waals surface area contributed by atoms with Gasteiger partial charge in [-0.25, -0.2) is 13.2 Å². The van der Waals surface area contributed by atoms with Gasteiger partial charge in [-0.2, -0.15) is 0 Å². The number of hydrogen-bond acceptors (Lipinski definition) is 3. The van der Waals surface area contributed by atoms with E-state index in [0.29, 0.717) is 6.54 Å². The fourth-order valence-corrected chi connectivity index (χ4v) is 3.71. The Morgan fingerprint density at radius 2 is 1.70 bits per heavy atom. The lowest BCUT2D eigenvalue weighted by Crippen LogP contribution is -2.48. The molecule has 0 unspecified atom stereocenters. The first-order valence-electron chi connectivity index (χ1n) is 8.00. The summed E-state index contributed by atoms with van der Waals surface area (Å²) in [6.07, 6.45) is 0.766. The molecule has 1 aromatic rings. The van der Waals surface area contributed by atoms with E-state index in [-0.39, 0.29) is 36.0 Å². The normalized spacial score (nSPS) is 17.8. The fraction of sp³-hybridized carbons (Fsp3) is 0.588. The topological polar surface area (TPSA) is 66.5 Å². The molecule has 1 heterocycles. The van der Waals surface area contributed by atoms with Gasteiger partial charge in [0.05, 0.1) is 11.5 Å². The lowest BCUT2D eigenvalue weighted by Gasteiger charge is -2.26. The minimum absolute atomic E-state index is 0.0642. The molecule has 0 aliphatic carbocycles. The van der Waals surface area contributed by atoms with Crippen LogP contribution in [-0.4, -0.2) is 50.5 Å². The maximum absolute atomic E-state index is 12.0. The molecule has 5 nitrogen and oxygen atoms in total. The standard InChI is InChI=1S/C17H26N2O3S/c1-17(2,3)15-6-4-14(5-7-15)8-9-18-16(20)19-10-12-23(21,22)13-11-19/h4-7H,8-13H2,1-3H3,(H,18,20). The monoisotopic (exact) mass is 338 g/mol. The van der Waals surface area contributed by atoms with Gasteiger partial charge >= 0.3 is 6.03 Å². The van der Waals surface area contributed by atoms with Crippen molar-refractivity contribution in [2.75, 3.05) is 31.1 Å². The molecule has 0 saturated carbocycles. The van der Waals surface area contributed by atoms with E-state index < -0.39 is 9.84 Å². The highest BCUT2D eigenvalue weighted by Crippen LogP contribution is 2.22. The summed E-state index contributed by atoms with van der Waals surface area (Å²) in [5.74, 6) is 0.128. The molecule has 6 heteroatoms.